The smallest absolute Gasteiger partial charge is 0.318 e. The van der Waals surface area contributed by atoms with Crippen LogP contribution in [-0.4, -0.2) is 47.0 Å². The van der Waals surface area contributed by atoms with E-state index in [-0.39, 0.29) is 12.1 Å². The quantitative estimate of drug-likeness (QED) is 0.347. The molecule has 7 heteroatoms. The number of urea groups is 1. The number of nitrogens with one attached hydrogen (secondary N) is 1. The van der Waals surface area contributed by atoms with Crippen molar-refractivity contribution in [3.05, 3.63) is 111 Å². The number of carbonyl (C=O) groups excluding carboxylic acids is 1. The Morgan fingerprint density at radius 2 is 1.49 bits per heavy atom. The van der Waals surface area contributed by atoms with Crippen LogP contribution in [0.15, 0.2) is 90.3 Å². The van der Waals surface area contributed by atoms with Crippen molar-refractivity contribution in [2.75, 3.05) is 26.2 Å². The normalized spacial score (nSPS) is 14.3. The third-order valence-corrected chi connectivity index (χ3v) is 7.33. The summed E-state index contributed by atoms with van der Waals surface area (Å²) >= 11 is 7.67. The Balaban J connectivity index is 1.18. The van der Waals surface area contributed by atoms with Gasteiger partial charge < -0.3 is 10.2 Å². The maximum absolute atomic E-state index is 13.2. The average Bonchev–Trinajstić information content (AvgIpc) is 3.37. The van der Waals surface area contributed by atoms with Gasteiger partial charge in [0, 0.05) is 42.1 Å². The maximum Gasteiger partial charge on any atom is 0.318 e. The standard InChI is InChI=1S/C28H27ClN4OS/c29-24-13-11-21(12-14-24)25-20-35-26(30-25)19-32-15-17-33(18-16-32)28(34)31-27(22-7-3-1-4-8-22)23-9-5-2-6-10-23/h1-14,20,27H,15-19H2,(H,31,34). The summed E-state index contributed by atoms with van der Waals surface area (Å²) in [6.45, 7) is 3.83. The second-order valence-corrected chi connectivity index (χ2v) is 9.98. The van der Waals surface area contributed by atoms with Gasteiger partial charge >= 0.3 is 6.03 Å². The first-order valence-corrected chi connectivity index (χ1v) is 13.0. The fourth-order valence-corrected chi connectivity index (χ4v) is 5.27. The van der Waals surface area contributed by atoms with Crippen molar-refractivity contribution in [1.29, 1.82) is 0 Å². The first-order chi connectivity index (χ1) is 17.2. The minimum atomic E-state index is -0.176. The summed E-state index contributed by atoms with van der Waals surface area (Å²) in [6, 6.07) is 27.8. The van der Waals surface area contributed by atoms with Gasteiger partial charge in [0.25, 0.3) is 0 Å². The van der Waals surface area contributed by atoms with Crippen molar-refractivity contribution >= 4 is 29.0 Å². The number of aromatic nitrogens is 1. The van der Waals surface area contributed by atoms with Crippen molar-refractivity contribution in [3.63, 3.8) is 0 Å². The Hall–Kier alpha value is -3.19. The molecule has 2 heterocycles. The van der Waals surface area contributed by atoms with Gasteiger partial charge in [-0.05, 0) is 23.3 Å². The van der Waals surface area contributed by atoms with Crippen LogP contribution in [-0.2, 0) is 6.54 Å². The van der Waals surface area contributed by atoms with Crippen molar-refractivity contribution in [3.8, 4) is 11.3 Å². The van der Waals surface area contributed by atoms with E-state index in [2.05, 4.69) is 39.9 Å². The van der Waals surface area contributed by atoms with Crippen LogP contribution < -0.4 is 5.32 Å². The van der Waals surface area contributed by atoms with Crippen molar-refractivity contribution in [1.82, 2.24) is 20.1 Å². The van der Waals surface area contributed by atoms with Gasteiger partial charge in [-0.3, -0.25) is 4.90 Å². The van der Waals surface area contributed by atoms with Gasteiger partial charge in [-0.2, -0.15) is 0 Å². The Labute approximate surface area is 215 Å². The highest BCUT2D eigenvalue weighted by atomic mass is 35.5. The van der Waals surface area contributed by atoms with Crippen LogP contribution in [0.5, 0.6) is 0 Å². The summed E-state index contributed by atoms with van der Waals surface area (Å²) in [5.74, 6) is 0. The van der Waals surface area contributed by atoms with Gasteiger partial charge in [-0.15, -0.1) is 11.3 Å². The number of benzene rings is 3. The molecule has 0 unspecified atom stereocenters. The zero-order valence-corrected chi connectivity index (χ0v) is 20.9. The molecule has 0 radical (unpaired) electrons. The largest absolute Gasteiger partial charge is 0.327 e. The lowest BCUT2D eigenvalue weighted by Gasteiger charge is -2.35. The summed E-state index contributed by atoms with van der Waals surface area (Å²) in [6.07, 6.45) is 0. The first-order valence-electron chi connectivity index (χ1n) is 11.7. The van der Waals surface area contributed by atoms with E-state index in [1.54, 1.807) is 11.3 Å². The molecule has 0 bridgehead atoms. The Bertz CT molecular complexity index is 1200. The van der Waals surface area contributed by atoms with E-state index < -0.39 is 0 Å². The molecule has 0 aliphatic carbocycles. The first kappa shape index (κ1) is 23.5. The van der Waals surface area contributed by atoms with Crippen LogP contribution in [0.2, 0.25) is 5.02 Å². The average molecular weight is 503 g/mol. The number of halogens is 1. The molecule has 1 N–H and O–H groups in total. The molecule has 5 nitrogen and oxygen atoms in total. The minimum Gasteiger partial charge on any atom is -0.327 e. The van der Waals surface area contributed by atoms with Crippen LogP contribution >= 0.6 is 22.9 Å². The van der Waals surface area contributed by atoms with Crippen molar-refractivity contribution in [2.45, 2.75) is 12.6 Å². The lowest BCUT2D eigenvalue weighted by Crippen LogP contribution is -2.52. The fourth-order valence-electron chi connectivity index (χ4n) is 4.30. The highest BCUT2D eigenvalue weighted by Gasteiger charge is 2.25. The Morgan fingerprint density at radius 1 is 0.886 bits per heavy atom. The predicted octanol–water partition coefficient (Wildman–Crippen LogP) is 6.08. The second-order valence-electron chi connectivity index (χ2n) is 8.60. The van der Waals surface area contributed by atoms with Crippen LogP contribution in [0.25, 0.3) is 11.3 Å². The molecule has 1 aromatic heterocycles. The molecule has 4 aromatic rings. The van der Waals surface area contributed by atoms with Gasteiger partial charge in [0.1, 0.15) is 5.01 Å². The van der Waals surface area contributed by atoms with E-state index in [1.165, 1.54) is 0 Å². The molecule has 178 valence electrons. The zero-order chi connectivity index (χ0) is 24.0. The summed E-state index contributed by atoms with van der Waals surface area (Å²) in [7, 11) is 0. The monoisotopic (exact) mass is 502 g/mol. The number of carbonyl (C=O) groups is 1. The lowest BCUT2D eigenvalue weighted by atomic mass is 9.99. The number of thiazole rings is 1. The van der Waals surface area contributed by atoms with Gasteiger partial charge in [-0.1, -0.05) is 84.4 Å². The molecule has 2 amide bonds. The Morgan fingerprint density at radius 3 is 2.09 bits per heavy atom. The molecule has 1 aliphatic rings. The fraction of sp³-hybridized carbons (Fsp3) is 0.214. The van der Waals surface area contributed by atoms with E-state index in [9.17, 15) is 4.79 Å². The van der Waals surface area contributed by atoms with Gasteiger partial charge in [0.05, 0.1) is 18.3 Å². The van der Waals surface area contributed by atoms with Crippen molar-refractivity contribution in [2.24, 2.45) is 0 Å². The summed E-state index contributed by atoms with van der Waals surface area (Å²) in [4.78, 5) is 22.3. The molecule has 35 heavy (non-hydrogen) atoms. The number of amides is 2. The molecule has 0 saturated carbocycles. The lowest BCUT2D eigenvalue weighted by molar-refractivity contribution is 0.134. The molecular weight excluding hydrogens is 476 g/mol. The topological polar surface area (TPSA) is 48.5 Å². The van der Waals surface area contributed by atoms with Gasteiger partial charge in [0.15, 0.2) is 0 Å². The van der Waals surface area contributed by atoms with E-state index >= 15 is 0 Å². The number of piperazine rings is 1. The third-order valence-electron chi connectivity index (χ3n) is 6.24. The minimum absolute atomic E-state index is 0.0263. The Kier molecular flexibility index (Phi) is 7.42. The van der Waals surface area contributed by atoms with Crippen LogP contribution in [0.3, 0.4) is 0 Å². The number of hydrogen-bond acceptors (Lipinski definition) is 4. The summed E-state index contributed by atoms with van der Waals surface area (Å²) < 4.78 is 0. The molecule has 5 rings (SSSR count). The molecule has 0 atom stereocenters. The summed E-state index contributed by atoms with van der Waals surface area (Å²) in [5.41, 5.74) is 4.20. The maximum atomic E-state index is 13.2. The van der Waals surface area contributed by atoms with E-state index in [1.807, 2.05) is 65.6 Å². The summed E-state index contributed by atoms with van der Waals surface area (Å²) in [5, 5.41) is 7.16. The van der Waals surface area contributed by atoms with Crippen LogP contribution in [0.4, 0.5) is 4.79 Å². The number of hydrogen-bond donors (Lipinski definition) is 1. The zero-order valence-electron chi connectivity index (χ0n) is 19.3. The molecule has 1 aliphatic heterocycles. The third kappa shape index (κ3) is 5.90. The van der Waals surface area contributed by atoms with Crippen LogP contribution in [0.1, 0.15) is 22.2 Å². The molecule has 1 saturated heterocycles. The van der Waals surface area contributed by atoms with Gasteiger partial charge in [-0.25, -0.2) is 9.78 Å². The van der Waals surface area contributed by atoms with E-state index in [4.69, 9.17) is 16.6 Å². The van der Waals surface area contributed by atoms with Crippen LogP contribution in [0, 0.1) is 0 Å². The molecular formula is C28H27ClN4OS. The second kappa shape index (κ2) is 11.0. The number of nitrogens with zero attached hydrogens (tertiary/aromatic N) is 3. The number of rotatable bonds is 6. The molecule has 1 fully saturated rings. The molecule has 3 aromatic carbocycles. The van der Waals surface area contributed by atoms with E-state index in [0.29, 0.717) is 13.1 Å². The molecule has 0 spiro atoms. The highest BCUT2D eigenvalue weighted by molar-refractivity contribution is 7.09. The van der Waals surface area contributed by atoms with Crippen molar-refractivity contribution < 1.29 is 4.79 Å². The van der Waals surface area contributed by atoms with E-state index in [0.717, 1.165) is 52.0 Å². The highest BCUT2D eigenvalue weighted by Crippen LogP contribution is 2.25. The predicted molar refractivity (Wildman–Crippen MR) is 143 cm³/mol. The SMILES string of the molecule is O=C(NC(c1ccccc1)c1ccccc1)N1CCN(Cc2nc(-c3ccc(Cl)cc3)cs2)CC1. The van der Waals surface area contributed by atoms with Gasteiger partial charge in [0.2, 0.25) is 0 Å².